The molecule has 1 aromatic carbocycles. The second kappa shape index (κ2) is 8.33. The molecule has 7 nitrogen and oxygen atoms in total. The molecule has 144 valence electrons. The Labute approximate surface area is 159 Å². The van der Waals surface area contributed by atoms with E-state index in [9.17, 15) is 9.59 Å². The van der Waals surface area contributed by atoms with Crippen molar-refractivity contribution in [2.75, 3.05) is 19.6 Å². The molecule has 2 amide bonds. The van der Waals surface area contributed by atoms with Crippen molar-refractivity contribution in [2.24, 2.45) is 5.92 Å². The van der Waals surface area contributed by atoms with Gasteiger partial charge in [0.15, 0.2) is 5.82 Å². The third kappa shape index (κ3) is 4.53. The highest BCUT2D eigenvalue weighted by Crippen LogP contribution is 2.26. The molecule has 2 heterocycles. The molecule has 1 saturated heterocycles. The summed E-state index contributed by atoms with van der Waals surface area (Å²) in [6.07, 6.45) is 1.20. The summed E-state index contributed by atoms with van der Waals surface area (Å²) < 4.78 is 5.39. The number of aromatic nitrogens is 2. The first-order chi connectivity index (χ1) is 13.0. The van der Waals surface area contributed by atoms with Gasteiger partial charge in [0.1, 0.15) is 6.04 Å². The van der Waals surface area contributed by atoms with Crippen molar-refractivity contribution in [3.8, 4) is 0 Å². The Morgan fingerprint density at radius 2 is 1.96 bits per heavy atom. The van der Waals surface area contributed by atoms with Crippen LogP contribution in [-0.2, 0) is 4.79 Å². The number of benzene rings is 1. The Kier molecular flexibility index (Phi) is 5.88. The van der Waals surface area contributed by atoms with Crippen LogP contribution in [0.3, 0.4) is 0 Å². The van der Waals surface area contributed by atoms with E-state index in [0.717, 1.165) is 0 Å². The van der Waals surface area contributed by atoms with Crippen LogP contribution in [0, 0.1) is 12.8 Å². The molecule has 1 atom stereocenters. The van der Waals surface area contributed by atoms with E-state index in [1.165, 1.54) is 0 Å². The predicted molar refractivity (Wildman–Crippen MR) is 99.9 cm³/mol. The summed E-state index contributed by atoms with van der Waals surface area (Å²) in [5, 5.41) is 3.88. The Bertz CT molecular complexity index is 788. The van der Waals surface area contributed by atoms with Crippen LogP contribution in [0.5, 0.6) is 0 Å². The number of nitrogens with zero attached hydrogens (tertiary/aromatic N) is 4. The minimum atomic E-state index is -0.447. The van der Waals surface area contributed by atoms with E-state index >= 15 is 0 Å². The zero-order valence-electron chi connectivity index (χ0n) is 16.1. The third-order valence-electron chi connectivity index (χ3n) is 4.64. The molecule has 0 saturated carbocycles. The minimum Gasteiger partial charge on any atom is -0.340 e. The van der Waals surface area contributed by atoms with Crippen LogP contribution >= 0.6 is 0 Å². The zero-order valence-corrected chi connectivity index (χ0v) is 16.1. The summed E-state index contributed by atoms with van der Waals surface area (Å²) in [4.78, 5) is 33.7. The summed E-state index contributed by atoms with van der Waals surface area (Å²) in [6, 6.07) is 8.71. The van der Waals surface area contributed by atoms with Gasteiger partial charge in [-0.25, -0.2) is 0 Å². The van der Waals surface area contributed by atoms with Crippen molar-refractivity contribution in [3.05, 3.63) is 47.6 Å². The van der Waals surface area contributed by atoms with Gasteiger partial charge in [-0.2, -0.15) is 4.98 Å². The van der Waals surface area contributed by atoms with Gasteiger partial charge in [0, 0.05) is 25.1 Å². The molecule has 27 heavy (non-hydrogen) atoms. The normalized spacial score (nSPS) is 17.9. The topological polar surface area (TPSA) is 79.5 Å². The lowest BCUT2D eigenvalue weighted by Gasteiger charge is -2.29. The SMILES string of the molecule is Cc1noc(C2CN(C(=O)CC(C)C)CCCN2C(=O)c2ccccc2)n1. The third-order valence-corrected chi connectivity index (χ3v) is 4.64. The monoisotopic (exact) mass is 370 g/mol. The van der Waals surface area contributed by atoms with Crippen LogP contribution in [0.4, 0.5) is 0 Å². The molecule has 0 bridgehead atoms. The van der Waals surface area contributed by atoms with Crippen molar-refractivity contribution in [1.82, 2.24) is 19.9 Å². The molecule has 0 spiro atoms. The van der Waals surface area contributed by atoms with Crippen LogP contribution in [0.25, 0.3) is 0 Å². The number of hydrogen-bond acceptors (Lipinski definition) is 5. The highest BCUT2D eigenvalue weighted by Gasteiger charge is 2.35. The molecule has 1 aromatic heterocycles. The van der Waals surface area contributed by atoms with E-state index in [2.05, 4.69) is 10.1 Å². The van der Waals surface area contributed by atoms with Gasteiger partial charge in [-0.3, -0.25) is 9.59 Å². The molecule has 1 aliphatic heterocycles. The van der Waals surface area contributed by atoms with Crippen LogP contribution in [0.2, 0.25) is 0 Å². The maximum Gasteiger partial charge on any atom is 0.254 e. The molecular formula is C20H26N4O3. The number of hydrogen-bond donors (Lipinski definition) is 0. The van der Waals surface area contributed by atoms with Gasteiger partial charge in [0.25, 0.3) is 11.8 Å². The first-order valence-corrected chi connectivity index (χ1v) is 9.39. The number of rotatable bonds is 4. The van der Waals surface area contributed by atoms with Crippen LogP contribution in [0.15, 0.2) is 34.9 Å². The van der Waals surface area contributed by atoms with Crippen LogP contribution < -0.4 is 0 Å². The predicted octanol–water partition coefficient (Wildman–Crippen LogP) is 2.84. The van der Waals surface area contributed by atoms with Crippen molar-refractivity contribution < 1.29 is 14.1 Å². The van der Waals surface area contributed by atoms with E-state index in [0.29, 0.717) is 49.8 Å². The van der Waals surface area contributed by atoms with E-state index in [1.54, 1.807) is 24.0 Å². The fourth-order valence-corrected chi connectivity index (χ4v) is 3.34. The molecule has 7 heteroatoms. The van der Waals surface area contributed by atoms with Crippen LogP contribution in [0.1, 0.15) is 54.8 Å². The van der Waals surface area contributed by atoms with Crippen molar-refractivity contribution in [3.63, 3.8) is 0 Å². The van der Waals surface area contributed by atoms with Crippen LogP contribution in [-0.4, -0.2) is 51.4 Å². The van der Waals surface area contributed by atoms with Gasteiger partial charge < -0.3 is 14.3 Å². The minimum absolute atomic E-state index is 0.0883. The number of amides is 2. The van der Waals surface area contributed by atoms with Crippen molar-refractivity contribution in [1.29, 1.82) is 0 Å². The Morgan fingerprint density at radius 1 is 1.22 bits per heavy atom. The van der Waals surface area contributed by atoms with Gasteiger partial charge in [-0.05, 0) is 31.4 Å². The summed E-state index contributed by atoms with van der Waals surface area (Å²) in [5.41, 5.74) is 0.612. The smallest absolute Gasteiger partial charge is 0.254 e. The first kappa shape index (κ1) is 19.1. The molecule has 1 aliphatic rings. The molecule has 2 aromatic rings. The first-order valence-electron chi connectivity index (χ1n) is 9.39. The van der Waals surface area contributed by atoms with Crippen molar-refractivity contribution >= 4 is 11.8 Å². The van der Waals surface area contributed by atoms with Gasteiger partial charge in [0.05, 0.1) is 6.54 Å². The van der Waals surface area contributed by atoms with Gasteiger partial charge in [0.2, 0.25) is 5.91 Å². The molecule has 1 unspecified atom stereocenters. The fraction of sp³-hybridized carbons (Fsp3) is 0.500. The lowest BCUT2D eigenvalue weighted by Crippen LogP contribution is -2.40. The lowest BCUT2D eigenvalue weighted by atomic mass is 10.1. The average Bonchev–Trinajstić information content (AvgIpc) is 2.95. The van der Waals surface area contributed by atoms with Crippen molar-refractivity contribution in [2.45, 2.75) is 39.7 Å². The molecular weight excluding hydrogens is 344 g/mol. The maximum atomic E-state index is 13.1. The van der Waals surface area contributed by atoms with E-state index in [4.69, 9.17) is 4.52 Å². The largest absolute Gasteiger partial charge is 0.340 e. The Hall–Kier alpha value is -2.70. The Balaban J connectivity index is 1.90. The highest BCUT2D eigenvalue weighted by molar-refractivity contribution is 5.94. The summed E-state index contributed by atoms with van der Waals surface area (Å²) in [5.74, 6) is 1.18. The molecule has 1 fully saturated rings. The maximum absolute atomic E-state index is 13.1. The summed E-state index contributed by atoms with van der Waals surface area (Å²) in [6.45, 7) is 7.32. The summed E-state index contributed by atoms with van der Waals surface area (Å²) >= 11 is 0. The van der Waals surface area contributed by atoms with E-state index in [-0.39, 0.29) is 17.7 Å². The molecule has 0 N–H and O–H groups in total. The number of carbonyl (C=O) groups excluding carboxylic acids is 2. The van der Waals surface area contributed by atoms with Gasteiger partial charge >= 0.3 is 0 Å². The molecule has 0 radical (unpaired) electrons. The average molecular weight is 370 g/mol. The zero-order chi connectivity index (χ0) is 19.4. The highest BCUT2D eigenvalue weighted by atomic mass is 16.5. The summed E-state index contributed by atoms with van der Waals surface area (Å²) in [7, 11) is 0. The molecule has 0 aliphatic carbocycles. The lowest BCUT2D eigenvalue weighted by molar-refractivity contribution is -0.132. The number of aryl methyl sites for hydroxylation is 1. The van der Waals surface area contributed by atoms with Gasteiger partial charge in [-0.15, -0.1) is 0 Å². The van der Waals surface area contributed by atoms with E-state index < -0.39 is 6.04 Å². The number of carbonyl (C=O) groups is 2. The second-order valence-corrected chi connectivity index (χ2v) is 7.35. The quantitative estimate of drug-likeness (QED) is 0.827. The fourth-order valence-electron chi connectivity index (χ4n) is 3.34. The van der Waals surface area contributed by atoms with Gasteiger partial charge in [-0.1, -0.05) is 37.2 Å². The Morgan fingerprint density at radius 3 is 2.59 bits per heavy atom. The second-order valence-electron chi connectivity index (χ2n) is 7.35. The molecule has 3 rings (SSSR count). The van der Waals surface area contributed by atoms with E-state index in [1.807, 2.05) is 36.9 Å². The standard InChI is InChI=1S/C20H26N4O3/c1-14(2)12-18(25)23-10-7-11-24(20(26)16-8-5-4-6-9-16)17(13-23)19-21-15(3)22-27-19/h4-6,8-9,14,17H,7,10-13H2,1-3H3.